The number of hydrogen-bond donors (Lipinski definition) is 1. The van der Waals surface area contributed by atoms with Gasteiger partial charge >= 0.3 is 11.7 Å². The number of aromatic nitrogens is 3. The summed E-state index contributed by atoms with van der Waals surface area (Å²) in [6, 6.07) is -0.847. The molecule has 2 rings (SSSR count). The number of hydrogen-bond acceptors (Lipinski definition) is 3. The Labute approximate surface area is 96.0 Å². The number of aliphatic carboxylic acids is 1. The van der Waals surface area contributed by atoms with Gasteiger partial charge in [0, 0.05) is 12.8 Å². The molecule has 0 fully saturated rings. The van der Waals surface area contributed by atoms with E-state index in [0.717, 1.165) is 4.68 Å². The average molecular weight is 241 g/mol. The zero-order chi connectivity index (χ0) is 12.6. The molecule has 0 bridgehead atoms. The Morgan fingerprint density at radius 1 is 1.65 bits per heavy atom. The van der Waals surface area contributed by atoms with Crippen LogP contribution in [0.3, 0.4) is 0 Å². The summed E-state index contributed by atoms with van der Waals surface area (Å²) in [6.07, 6.45) is 0.841. The second-order valence-corrected chi connectivity index (χ2v) is 3.95. The van der Waals surface area contributed by atoms with E-state index in [4.69, 9.17) is 5.11 Å². The molecule has 1 atom stereocenters. The zero-order valence-corrected chi connectivity index (χ0v) is 9.10. The van der Waals surface area contributed by atoms with Crippen LogP contribution in [0.25, 0.3) is 0 Å². The molecule has 1 aliphatic heterocycles. The van der Waals surface area contributed by atoms with Gasteiger partial charge in [-0.2, -0.15) is 5.10 Å². The van der Waals surface area contributed by atoms with Crippen molar-refractivity contribution in [1.82, 2.24) is 14.3 Å². The molecule has 0 spiro atoms. The Bertz CT molecular complexity index is 531. The van der Waals surface area contributed by atoms with Gasteiger partial charge in [0.2, 0.25) is 0 Å². The number of allylic oxidation sites excluding steroid dienone is 1. The second kappa shape index (κ2) is 4.15. The molecule has 1 aromatic rings. The third-order valence-corrected chi connectivity index (χ3v) is 2.77. The van der Waals surface area contributed by atoms with Crippen LogP contribution in [0, 0.1) is 0 Å². The van der Waals surface area contributed by atoms with Crippen molar-refractivity contribution in [1.29, 1.82) is 0 Å². The van der Waals surface area contributed by atoms with Crippen LogP contribution < -0.4 is 5.69 Å². The van der Waals surface area contributed by atoms with Crippen molar-refractivity contribution in [3.8, 4) is 0 Å². The minimum absolute atomic E-state index is 0.00803. The van der Waals surface area contributed by atoms with Gasteiger partial charge in [-0.25, -0.2) is 18.7 Å². The molecule has 0 aliphatic carbocycles. The van der Waals surface area contributed by atoms with Crippen LogP contribution in [0.15, 0.2) is 17.2 Å². The van der Waals surface area contributed by atoms with Crippen molar-refractivity contribution < 1.29 is 14.3 Å². The summed E-state index contributed by atoms with van der Waals surface area (Å²) in [4.78, 5) is 22.8. The van der Waals surface area contributed by atoms with E-state index in [1.807, 2.05) is 0 Å². The molecule has 0 amide bonds. The summed E-state index contributed by atoms with van der Waals surface area (Å²) in [5, 5.41) is 12.9. The fourth-order valence-electron chi connectivity index (χ4n) is 1.95. The lowest BCUT2D eigenvalue weighted by Crippen LogP contribution is -2.30. The quantitative estimate of drug-likeness (QED) is 0.832. The van der Waals surface area contributed by atoms with Crippen LogP contribution in [-0.4, -0.2) is 25.4 Å². The summed E-state index contributed by atoms with van der Waals surface area (Å²) in [6.45, 7) is 3.18. The lowest BCUT2D eigenvalue weighted by atomic mass is 10.2. The first-order chi connectivity index (χ1) is 8.00. The molecular weight excluding hydrogens is 229 g/mol. The van der Waals surface area contributed by atoms with E-state index in [1.54, 1.807) is 0 Å². The zero-order valence-electron chi connectivity index (χ0n) is 9.10. The molecule has 1 unspecified atom stereocenters. The van der Waals surface area contributed by atoms with Gasteiger partial charge < -0.3 is 5.11 Å². The molecular formula is C10H12FN3O3. The predicted octanol–water partition coefficient (Wildman–Crippen LogP) is 0.490. The van der Waals surface area contributed by atoms with Crippen molar-refractivity contribution in [2.75, 3.05) is 0 Å². The Morgan fingerprint density at radius 3 is 2.94 bits per heavy atom. The molecule has 0 saturated heterocycles. The minimum Gasteiger partial charge on any atom is -0.480 e. The molecule has 7 heteroatoms. The monoisotopic (exact) mass is 241 g/mol. The largest absolute Gasteiger partial charge is 0.480 e. The van der Waals surface area contributed by atoms with Crippen molar-refractivity contribution in [2.24, 2.45) is 0 Å². The van der Waals surface area contributed by atoms with Gasteiger partial charge in [-0.3, -0.25) is 4.57 Å². The highest BCUT2D eigenvalue weighted by Crippen LogP contribution is 2.22. The van der Waals surface area contributed by atoms with E-state index in [-0.39, 0.29) is 13.0 Å². The number of carbonyl (C=O) groups is 1. The first kappa shape index (κ1) is 11.6. The topological polar surface area (TPSA) is 77.1 Å². The molecule has 17 heavy (non-hydrogen) atoms. The summed E-state index contributed by atoms with van der Waals surface area (Å²) in [5.74, 6) is -1.12. The normalized spacial score (nSPS) is 18.1. The van der Waals surface area contributed by atoms with Crippen LogP contribution in [0.5, 0.6) is 0 Å². The van der Waals surface area contributed by atoms with E-state index in [1.165, 1.54) is 4.57 Å². The molecule has 2 heterocycles. The van der Waals surface area contributed by atoms with Gasteiger partial charge in [0.1, 0.15) is 11.9 Å². The molecule has 92 valence electrons. The average Bonchev–Trinajstić information content (AvgIpc) is 2.76. The highest BCUT2D eigenvalue weighted by Gasteiger charge is 2.32. The van der Waals surface area contributed by atoms with Crippen molar-refractivity contribution in [2.45, 2.75) is 31.8 Å². The van der Waals surface area contributed by atoms with E-state index in [9.17, 15) is 14.0 Å². The number of carboxylic acid groups (broad SMARTS) is 1. The van der Waals surface area contributed by atoms with Crippen LogP contribution >= 0.6 is 0 Å². The Kier molecular flexibility index (Phi) is 2.83. The maximum Gasteiger partial charge on any atom is 0.346 e. The maximum atomic E-state index is 12.5. The van der Waals surface area contributed by atoms with Gasteiger partial charge in [0.05, 0.1) is 12.4 Å². The van der Waals surface area contributed by atoms with E-state index in [0.29, 0.717) is 18.7 Å². The summed E-state index contributed by atoms with van der Waals surface area (Å²) < 4.78 is 14.8. The highest BCUT2D eigenvalue weighted by molar-refractivity contribution is 5.72. The standard InChI is InChI=1S/C10H12FN3O3/c1-6(11)4-5-13-10(17)14-7(9(15)16)2-3-8(14)12-13/h7H,1-5H2,(H,15,16). The Balaban J connectivity index is 2.29. The smallest absolute Gasteiger partial charge is 0.346 e. The summed E-state index contributed by atoms with van der Waals surface area (Å²) in [5.41, 5.74) is -0.494. The molecule has 6 nitrogen and oxygen atoms in total. The molecule has 1 aliphatic rings. The fourth-order valence-corrected chi connectivity index (χ4v) is 1.95. The Morgan fingerprint density at radius 2 is 2.35 bits per heavy atom. The first-order valence-electron chi connectivity index (χ1n) is 5.25. The fraction of sp³-hybridized carbons (Fsp3) is 0.500. The Hall–Kier alpha value is -1.92. The lowest BCUT2D eigenvalue weighted by Gasteiger charge is -2.04. The van der Waals surface area contributed by atoms with Gasteiger partial charge in [-0.05, 0) is 6.42 Å². The number of halogens is 1. The number of carboxylic acids is 1. The van der Waals surface area contributed by atoms with Crippen molar-refractivity contribution in [3.63, 3.8) is 0 Å². The second-order valence-electron chi connectivity index (χ2n) is 3.95. The number of rotatable bonds is 4. The first-order valence-corrected chi connectivity index (χ1v) is 5.25. The van der Waals surface area contributed by atoms with E-state index in [2.05, 4.69) is 11.7 Å². The molecule has 0 saturated carbocycles. The van der Waals surface area contributed by atoms with E-state index >= 15 is 0 Å². The summed E-state index contributed by atoms with van der Waals surface area (Å²) in [7, 11) is 0. The van der Waals surface area contributed by atoms with Crippen LogP contribution in [0.4, 0.5) is 4.39 Å². The van der Waals surface area contributed by atoms with E-state index < -0.39 is 23.5 Å². The lowest BCUT2D eigenvalue weighted by molar-refractivity contribution is -0.140. The minimum atomic E-state index is -1.04. The summed E-state index contributed by atoms with van der Waals surface area (Å²) >= 11 is 0. The molecule has 1 aromatic heterocycles. The highest BCUT2D eigenvalue weighted by atomic mass is 19.1. The number of nitrogens with zero attached hydrogens (tertiary/aromatic N) is 3. The van der Waals surface area contributed by atoms with Crippen LogP contribution in [0.2, 0.25) is 0 Å². The van der Waals surface area contributed by atoms with Gasteiger partial charge in [-0.15, -0.1) is 0 Å². The van der Waals surface area contributed by atoms with Crippen molar-refractivity contribution in [3.05, 3.63) is 28.7 Å². The van der Waals surface area contributed by atoms with Crippen LogP contribution in [0.1, 0.15) is 24.7 Å². The van der Waals surface area contributed by atoms with Crippen LogP contribution in [-0.2, 0) is 17.8 Å². The number of fused-ring (bicyclic) bond motifs is 1. The van der Waals surface area contributed by atoms with Gasteiger partial charge in [0.25, 0.3) is 0 Å². The van der Waals surface area contributed by atoms with Crippen molar-refractivity contribution >= 4 is 5.97 Å². The number of aryl methyl sites for hydroxylation is 2. The molecule has 0 aromatic carbocycles. The molecule has 0 radical (unpaired) electrons. The SMILES string of the molecule is C=C(F)CCn1nc2n(c1=O)C(C(=O)O)CC2. The predicted molar refractivity (Wildman–Crippen MR) is 56.3 cm³/mol. The maximum absolute atomic E-state index is 12.5. The molecule has 1 N–H and O–H groups in total. The van der Waals surface area contributed by atoms with Gasteiger partial charge in [-0.1, -0.05) is 6.58 Å². The van der Waals surface area contributed by atoms with Gasteiger partial charge in [0.15, 0.2) is 0 Å². The third kappa shape index (κ3) is 2.00. The third-order valence-electron chi connectivity index (χ3n) is 2.77.